The molecule has 0 heterocycles. The fraction of sp³-hybridized carbons (Fsp3) is 0.300. The van der Waals surface area contributed by atoms with Gasteiger partial charge in [-0.25, -0.2) is 26.3 Å². The van der Waals surface area contributed by atoms with Crippen molar-refractivity contribution in [2.24, 2.45) is 0 Å². The highest BCUT2D eigenvalue weighted by molar-refractivity contribution is 7.89. The lowest BCUT2D eigenvalue weighted by atomic mass is 10.2. The van der Waals surface area contributed by atoms with E-state index < -0.39 is 45.4 Å². The first kappa shape index (κ1) is 15.4. The maximum atomic E-state index is 13.0. The van der Waals surface area contributed by atoms with E-state index >= 15 is 0 Å². The minimum absolute atomic E-state index is 0.452. The number of nitriles is 1. The number of hydrogen-bond acceptors (Lipinski definition) is 4. The van der Waals surface area contributed by atoms with Gasteiger partial charge in [-0.2, -0.15) is 5.26 Å². The van der Waals surface area contributed by atoms with E-state index in [0.29, 0.717) is 0 Å². The molecule has 0 aliphatic rings. The minimum atomic E-state index is -4.20. The molecular formula is C10H9F3N2O3S. The Labute approximate surface area is 107 Å². The van der Waals surface area contributed by atoms with Gasteiger partial charge in [-0.05, 0) is 18.2 Å². The monoisotopic (exact) mass is 294 g/mol. The molecule has 1 aromatic carbocycles. The number of hydrogen-bond donors (Lipinski definition) is 2. The summed E-state index contributed by atoms with van der Waals surface area (Å²) in [6.07, 6.45) is -5.24. The smallest absolute Gasteiger partial charge is 0.265 e. The number of sulfonamides is 1. The van der Waals surface area contributed by atoms with Crippen LogP contribution in [0.2, 0.25) is 0 Å². The first-order valence-corrected chi connectivity index (χ1v) is 6.42. The summed E-state index contributed by atoms with van der Waals surface area (Å²) in [4.78, 5) is -0.452. The van der Waals surface area contributed by atoms with Crippen LogP contribution in [0.4, 0.5) is 13.2 Å². The Bertz CT molecular complexity index is 599. The quantitative estimate of drug-likeness (QED) is 0.832. The second-order valence-corrected chi connectivity index (χ2v) is 5.27. The van der Waals surface area contributed by atoms with Gasteiger partial charge in [0.1, 0.15) is 18.0 Å². The first-order valence-electron chi connectivity index (χ1n) is 4.93. The highest BCUT2D eigenvalue weighted by atomic mass is 32.2. The third-order valence-electron chi connectivity index (χ3n) is 2.14. The van der Waals surface area contributed by atoms with Crippen molar-refractivity contribution >= 4 is 10.0 Å². The molecule has 1 rings (SSSR count). The van der Waals surface area contributed by atoms with Gasteiger partial charge in [0.15, 0.2) is 0 Å². The van der Waals surface area contributed by atoms with Crippen LogP contribution in [0.3, 0.4) is 0 Å². The summed E-state index contributed by atoms with van der Waals surface area (Å²) in [7, 11) is -4.20. The molecule has 5 nitrogen and oxygen atoms in total. The second kappa shape index (κ2) is 6.01. The summed E-state index contributed by atoms with van der Waals surface area (Å²) < 4.78 is 62.0. The maximum absolute atomic E-state index is 13.0. The van der Waals surface area contributed by atoms with Gasteiger partial charge in [-0.3, -0.25) is 0 Å². The van der Waals surface area contributed by atoms with E-state index in [1.54, 1.807) is 4.72 Å². The molecule has 1 aromatic rings. The van der Waals surface area contributed by atoms with Crippen LogP contribution < -0.4 is 4.72 Å². The number of nitrogens with zero attached hydrogens (tertiary/aromatic N) is 1. The molecule has 1 unspecified atom stereocenters. The van der Waals surface area contributed by atoms with Crippen LogP contribution in [0.25, 0.3) is 0 Å². The maximum Gasteiger partial charge on any atom is 0.265 e. The Morgan fingerprint density at radius 3 is 2.58 bits per heavy atom. The minimum Gasteiger partial charge on any atom is -0.386 e. The third-order valence-corrected chi connectivity index (χ3v) is 3.56. The Morgan fingerprint density at radius 2 is 2.05 bits per heavy atom. The zero-order valence-electron chi connectivity index (χ0n) is 9.35. The fourth-order valence-corrected chi connectivity index (χ4v) is 2.20. The predicted molar refractivity (Wildman–Crippen MR) is 58.3 cm³/mol. The van der Waals surface area contributed by atoms with Crippen molar-refractivity contribution in [1.82, 2.24) is 4.72 Å². The van der Waals surface area contributed by atoms with Crippen LogP contribution in [-0.2, 0) is 10.0 Å². The number of alkyl halides is 2. The lowest BCUT2D eigenvalue weighted by Crippen LogP contribution is -2.35. The van der Waals surface area contributed by atoms with Gasteiger partial charge in [-0.15, -0.1) is 0 Å². The SMILES string of the molecule is N#Cc1cc(S(=O)(=O)NCC(O)C(F)F)ccc1F. The van der Waals surface area contributed by atoms with E-state index in [1.165, 1.54) is 6.07 Å². The predicted octanol–water partition coefficient (Wildman–Crippen LogP) is 0.602. The van der Waals surface area contributed by atoms with Gasteiger partial charge in [0.2, 0.25) is 10.0 Å². The summed E-state index contributed by atoms with van der Waals surface area (Å²) in [6, 6.07) is 3.88. The molecule has 0 amide bonds. The van der Waals surface area contributed by atoms with E-state index in [-0.39, 0.29) is 0 Å². The molecule has 104 valence electrons. The van der Waals surface area contributed by atoms with Crippen molar-refractivity contribution < 1.29 is 26.7 Å². The van der Waals surface area contributed by atoms with E-state index in [0.717, 1.165) is 18.2 Å². The van der Waals surface area contributed by atoms with E-state index in [2.05, 4.69) is 0 Å². The second-order valence-electron chi connectivity index (χ2n) is 3.51. The molecule has 0 spiro atoms. The number of aliphatic hydroxyl groups is 1. The van der Waals surface area contributed by atoms with Gasteiger partial charge < -0.3 is 5.11 Å². The molecule has 1 atom stereocenters. The van der Waals surface area contributed by atoms with Crippen molar-refractivity contribution in [3.63, 3.8) is 0 Å². The largest absolute Gasteiger partial charge is 0.386 e. The normalized spacial score (nSPS) is 13.3. The summed E-state index contributed by atoms with van der Waals surface area (Å²) in [5, 5.41) is 17.3. The summed E-state index contributed by atoms with van der Waals surface area (Å²) in [5.41, 5.74) is -0.489. The zero-order valence-corrected chi connectivity index (χ0v) is 10.2. The Hall–Kier alpha value is -1.63. The van der Waals surface area contributed by atoms with E-state index in [1.807, 2.05) is 0 Å². The Morgan fingerprint density at radius 1 is 1.42 bits per heavy atom. The average molecular weight is 294 g/mol. The number of rotatable bonds is 5. The highest BCUT2D eigenvalue weighted by Crippen LogP contribution is 2.14. The molecule has 0 radical (unpaired) electrons. The van der Waals surface area contributed by atoms with Crippen molar-refractivity contribution in [3.05, 3.63) is 29.6 Å². The van der Waals surface area contributed by atoms with Crippen molar-refractivity contribution in [1.29, 1.82) is 5.26 Å². The van der Waals surface area contributed by atoms with Crippen LogP contribution >= 0.6 is 0 Å². The van der Waals surface area contributed by atoms with E-state index in [9.17, 15) is 21.6 Å². The standard InChI is InChI=1S/C10H9F3N2O3S/c11-8-2-1-7(3-6(8)4-14)19(17,18)15-5-9(16)10(12)13/h1-3,9-10,15-16H,5H2. The number of aliphatic hydroxyl groups excluding tert-OH is 1. The van der Waals surface area contributed by atoms with Crippen LogP contribution in [0.5, 0.6) is 0 Å². The molecule has 0 saturated carbocycles. The molecule has 9 heteroatoms. The van der Waals surface area contributed by atoms with Crippen molar-refractivity contribution in [3.8, 4) is 6.07 Å². The number of nitrogens with one attached hydrogen (secondary N) is 1. The fourth-order valence-electron chi connectivity index (χ4n) is 1.12. The third kappa shape index (κ3) is 3.92. The van der Waals surface area contributed by atoms with E-state index in [4.69, 9.17) is 10.4 Å². The lowest BCUT2D eigenvalue weighted by Gasteiger charge is -2.11. The molecule has 0 aliphatic heterocycles. The topological polar surface area (TPSA) is 90.2 Å². The van der Waals surface area contributed by atoms with Crippen LogP contribution in [0, 0.1) is 17.1 Å². The first-order chi connectivity index (χ1) is 8.77. The summed E-state index contributed by atoms with van der Waals surface area (Å²) in [5.74, 6) is -0.894. The van der Waals surface area contributed by atoms with Gasteiger partial charge in [0.05, 0.1) is 10.5 Å². The van der Waals surface area contributed by atoms with Crippen LogP contribution in [-0.4, -0.2) is 32.6 Å². The van der Waals surface area contributed by atoms with Crippen LogP contribution in [0.1, 0.15) is 5.56 Å². The zero-order chi connectivity index (χ0) is 14.6. The molecule has 0 aromatic heterocycles. The Balaban J connectivity index is 2.93. The van der Waals surface area contributed by atoms with Gasteiger partial charge in [-0.1, -0.05) is 0 Å². The molecule has 2 N–H and O–H groups in total. The Kier molecular flexibility index (Phi) is 4.88. The molecule has 19 heavy (non-hydrogen) atoms. The van der Waals surface area contributed by atoms with Gasteiger partial charge >= 0.3 is 0 Å². The average Bonchev–Trinajstić information content (AvgIpc) is 2.36. The molecule has 0 saturated heterocycles. The highest BCUT2D eigenvalue weighted by Gasteiger charge is 2.21. The molecule has 0 bridgehead atoms. The molecular weight excluding hydrogens is 285 g/mol. The summed E-state index contributed by atoms with van der Waals surface area (Å²) in [6.45, 7) is -0.890. The van der Waals surface area contributed by atoms with Crippen molar-refractivity contribution in [2.45, 2.75) is 17.4 Å². The van der Waals surface area contributed by atoms with Crippen molar-refractivity contribution in [2.75, 3.05) is 6.54 Å². The van der Waals surface area contributed by atoms with Gasteiger partial charge in [0.25, 0.3) is 6.43 Å². The summed E-state index contributed by atoms with van der Waals surface area (Å²) >= 11 is 0. The lowest BCUT2D eigenvalue weighted by molar-refractivity contribution is -0.000451. The molecule has 0 aliphatic carbocycles. The number of benzene rings is 1. The van der Waals surface area contributed by atoms with Crippen LogP contribution in [0.15, 0.2) is 23.1 Å². The van der Waals surface area contributed by atoms with Gasteiger partial charge in [0, 0.05) is 6.54 Å². The molecule has 0 fully saturated rings. The number of halogens is 3.